The number of pyridine rings is 1. The van der Waals surface area contributed by atoms with Crippen LogP contribution >= 0.6 is 0 Å². The average Bonchev–Trinajstić information content (AvgIpc) is 3.14. The quantitative estimate of drug-likeness (QED) is 0.467. The van der Waals surface area contributed by atoms with Crippen molar-refractivity contribution in [2.24, 2.45) is 12.8 Å². The normalized spacial score (nSPS) is 20.9. The summed E-state index contributed by atoms with van der Waals surface area (Å²) in [5.74, 6) is -3.87. The second kappa shape index (κ2) is 11.0. The van der Waals surface area contributed by atoms with Gasteiger partial charge in [0, 0.05) is 20.2 Å². The molecule has 1 aromatic carbocycles. The summed E-state index contributed by atoms with van der Waals surface area (Å²) in [4.78, 5) is 16.9. The Morgan fingerprint density at radius 3 is 2.59 bits per heavy atom. The van der Waals surface area contributed by atoms with Gasteiger partial charge in [-0.25, -0.2) is 22.5 Å². The molecule has 8 nitrogen and oxygen atoms in total. The van der Waals surface area contributed by atoms with Crippen molar-refractivity contribution in [3.8, 4) is 11.3 Å². The molecule has 3 N–H and O–H groups in total. The number of halogens is 4. The van der Waals surface area contributed by atoms with E-state index in [1.807, 2.05) is 0 Å². The Labute approximate surface area is 210 Å². The highest BCUT2D eigenvalue weighted by Crippen LogP contribution is 2.33. The summed E-state index contributed by atoms with van der Waals surface area (Å²) < 4.78 is 70.5. The summed E-state index contributed by atoms with van der Waals surface area (Å²) in [5.41, 5.74) is 5.14. The van der Waals surface area contributed by atoms with Gasteiger partial charge < -0.3 is 20.5 Å². The molecule has 0 bridgehead atoms. The van der Waals surface area contributed by atoms with Crippen LogP contribution in [0.5, 0.6) is 0 Å². The Morgan fingerprint density at radius 1 is 1.22 bits per heavy atom. The number of amides is 1. The number of nitrogens with two attached hydrogens (primary N) is 1. The van der Waals surface area contributed by atoms with E-state index in [0.717, 1.165) is 24.3 Å². The van der Waals surface area contributed by atoms with E-state index in [1.54, 1.807) is 14.0 Å². The van der Waals surface area contributed by atoms with Gasteiger partial charge >= 0.3 is 0 Å². The Bertz CT molecular complexity index is 1270. The first kappa shape index (κ1) is 26.7. The van der Waals surface area contributed by atoms with Crippen molar-refractivity contribution in [1.82, 2.24) is 14.8 Å². The molecule has 0 aliphatic carbocycles. The first-order valence-electron chi connectivity index (χ1n) is 11.6. The summed E-state index contributed by atoms with van der Waals surface area (Å²) in [7, 11) is 3.03. The summed E-state index contributed by atoms with van der Waals surface area (Å²) >= 11 is 0. The zero-order chi connectivity index (χ0) is 26.9. The standard InChI is InChI=1S/C25H27F4N5O3/c1-12(36-3)13-8-15(27)22(16(28)9-13)23-14(26)4-6-19(32-23)25(35)33-20-10-31-34(2)24(20)21-7-5-18(30)17(29)11-37-21/h4,6,8-10,12,17-18,21H,5,7,11,30H2,1-3H3,(H,33,35)/t12?,17-,18+,21-/m0/s1. The second-order valence-electron chi connectivity index (χ2n) is 8.86. The predicted octanol–water partition coefficient (Wildman–Crippen LogP) is 4.38. The molecule has 198 valence electrons. The molecule has 1 unspecified atom stereocenters. The molecule has 1 fully saturated rings. The van der Waals surface area contributed by atoms with Crippen LogP contribution in [0.4, 0.5) is 23.2 Å². The number of aromatic nitrogens is 3. The molecule has 4 rings (SSSR count). The lowest BCUT2D eigenvalue weighted by Crippen LogP contribution is -2.32. The third-order valence-electron chi connectivity index (χ3n) is 6.42. The van der Waals surface area contributed by atoms with Gasteiger partial charge in [0.2, 0.25) is 0 Å². The second-order valence-corrected chi connectivity index (χ2v) is 8.86. The Balaban J connectivity index is 1.62. The van der Waals surface area contributed by atoms with E-state index in [4.69, 9.17) is 15.2 Å². The molecule has 0 spiro atoms. The minimum Gasteiger partial charge on any atom is -0.377 e. The fraction of sp³-hybridized carbons (Fsp3) is 0.400. The summed E-state index contributed by atoms with van der Waals surface area (Å²) in [6.45, 7) is 1.40. The number of hydrogen-bond acceptors (Lipinski definition) is 6. The van der Waals surface area contributed by atoms with Gasteiger partial charge in [0.1, 0.15) is 41.1 Å². The predicted molar refractivity (Wildman–Crippen MR) is 127 cm³/mol. The third-order valence-corrected chi connectivity index (χ3v) is 6.42. The first-order chi connectivity index (χ1) is 17.6. The van der Waals surface area contributed by atoms with Crippen LogP contribution in [0, 0.1) is 17.5 Å². The van der Waals surface area contributed by atoms with E-state index in [1.165, 1.54) is 18.0 Å². The van der Waals surface area contributed by atoms with Crippen LogP contribution < -0.4 is 11.1 Å². The number of alkyl halides is 1. The molecule has 2 aromatic heterocycles. The zero-order valence-electron chi connectivity index (χ0n) is 20.5. The molecule has 37 heavy (non-hydrogen) atoms. The van der Waals surface area contributed by atoms with Crippen LogP contribution in [0.1, 0.15) is 53.7 Å². The van der Waals surface area contributed by atoms with Crippen LogP contribution in [0.15, 0.2) is 30.5 Å². The highest BCUT2D eigenvalue weighted by molar-refractivity contribution is 6.03. The molecular weight excluding hydrogens is 494 g/mol. The number of aryl methyl sites for hydroxylation is 1. The minimum atomic E-state index is -1.31. The van der Waals surface area contributed by atoms with Gasteiger partial charge in [0.05, 0.1) is 35.9 Å². The molecule has 12 heteroatoms. The number of ether oxygens (including phenoxy) is 2. The Morgan fingerprint density at radius 2 is 1.92 bits per heavy atom. The first-order valence-corrected chi connectivity index (χ1v) is 11.6. The van der Waals surface area contributed by atoms with Crippen molar-refractivity contribution in [1.29, 1.82) is 0 Å². The molecule has 0 radical (unpaired) electrons. The van der Waals surface area contributed by atoms with Crippen LogP contribution in [0.3, 0.4) is 0 Å². The van der Waals surface area contributed by atoms with Gasteiger partial charge in [0.15, 0.2) is 0 Å². The van der Waals surface area contributed by atoms with Crippen molar-refractivity contribution in [3.63, 3.8) is 0 Å². The monoisotopic (exact) mass is 521 g/mol. The smallest absolute Gasteiger partial charge is 0.274 e. The number of methoxy groups -OCH3 is 1. The van der Waals surface area contributed by atoms with Crippen molar-refractivity contribution in [3.05, 3.63) is 64.9 Å². The maximum absolute atomic E-state index is 14.8. The van der Waals surface area contributed by atoms with Crippen molar-refractivity contribution >= 4 is 11.6 Å². The fourth-order valence-electron chi connectivity index (χ4n) is 4.20. The number of rotatable bonds is 6. The van der Waals surface area contributed by atoms with Crippen LogP contribution in [0.2, 0.25) is 0 Å². The molecule has 3 aromatic rings. The third kappa shape index (κ3) is 5.50. The van der Waals surface area contributed by atoms with Crippen molar-refractivity contribution in [2.45, 2.75) is 44.2 Å². The van der Waals surface area contributed by atoms with E-state index in [-0.39, 0.29) is 23.6 Å². The van der Waals surface area contributed by atoms with Gasteiger partial charge in [-0.05, 0) is 49.6 Å². The van der Waals surface area contributed by atoms with Gasteiger partial charge in [-0.1, -0.05) is 0 Å². The SMILES string of the molecule is COC(C)c1cc(F)c(-c2nc(C(=O)Nc3cnn(C)c3[C@@H]3CC[C@@H](N)[C@@H](F)CO3)ccc2F)c(F)c1. The molecule has 3 heterocycles. The van der Waals surface area contributed by atoms with Crippen molar-refractivity contribution in [2.75, 3.05) is 19.0 Å². The Kier molecular flexibility index (Phi) is 7.90. The lowest BCUT2D eigenvalue weighted by molar-refractivity contribution is 0.0247. The Hall–Kier alpha value is -3.35. The summed E-state index contributed by atoms with van der Waals surface area (Å²) in [5, 5.41) is 6.78. The fourth-order valence-corrected chi connectivity index (χ4v) is 4.20. The van der Waals surface area contributed by atoms with Gasteiger partial charge in [-0.15, -0.1) is 0 Å². The summed E-state index contributed by atoms with van der Waals surface area (Å²) in [6, 6.07) is 3.40. The number of nitrogens with zero attached hydrogens (tertiary/aromatic N) is 3. The number of carbonyl (C=O) groups excluding carboxylic acids is 1. The lowest BCUT2D eigenvalue weighted by atomic mass is 10.0. The number of anilines is 1. The van der Waals surface area contributed by atoms with Gasteiger partial charge in [-0.3, -0.25) is 9.48 Å². The lowest BCUT2D eigenvalue weighted by Gasteiger charge is -2.18. The zero-order valence-corrected chi connectivity index (χ0v) is 20.5. The van der Waals surface area contributed by atoms with Gasteiger partial charge in [-0.2, -0.15) is 5.10 Å². The number of benzene rings is 1. The summed E-state index contributed by atoms with van der Waals surface area (Å²) in [6.07, 6.45) is -0.335. The number of hydrogen-bond donors (Lipinski definition) is 2. The molecule has 4 atom stereocenters. The van der Waals surface area contributed by atoms with Crippen molar-refractivity contribution < 1.29 is 31.8 Å². The van der Waals surface area contributed by atoms with E-state index in [2.05, 4.69) is 15.4 Å². The highest BCUT2D eigenvalue weighted by atomic mass is 19.1. The van der Waals surface area contributed by atoms with Crippen LogP contribution in [-0.4, -0.2) is 46.6 Å². The highest BCUT2D eigenvalue weighted by Gasteiger charge is 2.30. The van der Waals surface area contributed by atoms with Crippen LogP contribution in [0.25, 0.3) is 11.3 Å². The maximum Gasteiger partial charge on any atom is 0.274 e. The topological polar surface area (TPSA) is 104 Å². The van der Waals surface area contributed by atoms with Crippen LogP contribution in [-0.2, 0) is 16.5 Å². The van der Waals surface area contributed by atoms with E-state index in [9.17, 15) is 22.4 Å². The average molecular weight is 522 g/mol. The molecule has 1 aliphatic heterocycles. The minimum absolute atomic E-state index is 0.202. The number of carbonyl (C=O) groups is 1. The van der Waals surface area contributed by atoms with E-state index >= 15 is 0 Å². The van der Waals surface area contributed by atoms with Gasteiger partial charge in [0.25, 0.3) is 5.91 Å². The molecule has 0 saturated carbocycles. The molecule has 1 amide bonds. The largest absolute Gasteiger partial charge is 0.377 e. The maximum atomic E-state index is 14.8. The molecule has 1 saturated heterocycles. The van der Waals surface area contributed by atoms with E-state index in [0.29, 0.717) is 18.5 Å². The number of nitrogens with one attached hydrogen (secondary N) is 1. The molecular formula is C25H27F4N5O3. The molecule has 1 aliphatic rings. The van der Waals surface area contributed by atoms with E-state index < -0.39 is 59.0 Å².